The molecule has 2 amide bonds. The normalized spacial score (nSPS) is 10.7. The van der Waals surface area contributed by atoms with Crippen LogP contribution in [0.4, 0.5) is 10.7 Å². The molecular weight excluding hydrogens is 382 g/mol. The molecular formula is C14H15N5O7S. The quantitative estimate of drug-likeness (QED) is 0.579. The van der Waals surface area contributed by atoms with Crippen LogP contribution in [0.2, 0.25) is 0 Å². The van der Waals surface area contributed by atoms with Gasteiger partial charge >= 0.3 is 24.0 Å². The molecule has 0 aliphatic carbocycles. The van der Waals surface area contributed by atoms with Crippen molar-refractivity contribution in [1.82, 2.24) is 19.7 Å². The van der Waals surface area contributed by atoms with Gasteiger partial charge < -0.3 is 14.6 Å². The summed E-state index contributed by atoms with van der Waals surface area (Å²) < 4.78 is 36.2. The highest BCUT2D eigenvalue weighted by Gasteiger charge is 2.22. The number of carbonyl (C=O) groups is 2. The van der Waals surface area contributed by atoms with Crippen LogP contribution in [0.1, 0.15) is 5.56 Å². The second-order valence-electron chi connectivity index (χ2n) is 4.87. The maximum absolute atomic E-state index is 12.4. The van der Waals surface area contributed by atoms with Crippen molar-refractivity contribution in [3.8, 4) is 12.0 Å². The number of aromatic nitrogens is 3. The highest BCUT2D eigenvalue weighted by atomic mass is 32.2. The topological polar surface area (TPSA) is 170 Å². The predicted octanol–water partition coefficient (Wildman–Crippen LogP) is 0.0263. The van der Waals surface area contributed by atoms with Gasteiger partial charge in [0.15, 0.2) is 0 Å². The molecule has 0 spiro atoms. The van der Waals surface area contributed by atoms with Crippen molar-refractivity contribution in [3.05, 3.63) is 29.8 Å². The second kappa shape index (κ2) is 8.27. The minimum Gasteiger partial charge on any atom is -0.481 e. The molecule has 0 atom stereocenters. The zero-order valence-electron chi connectivity index (χ0n) is 14.2. The van der Waals surface area contributed by atoms with Crippen molar-refractivity contribution in [1.29, 1.82) is 0 Å². The van der Waals surface area contributed by atoms with E-state index in [0.29, 0.717) is 0 Å². The molecule has 0 unspecified atom stereocenters. The van der Waals surface area contributed by atoms with E-state index in [-0.39, 0.29) is 28.4 Å². The lowest BCUT2D eigenvalue weighted by Crippen LogP contribution is -2.35. The van der Waals surface area contributed by atoms with Crippen LogP contribution < -0.4 is 19.5 Å². The Bertz CT molecular complexity index is 942. The molecule has 0 aliphatic rings. The summed E-state index contributed by atoms with van der Waals surface area (Å²) in [5.74, 6) is -1.53. The Hall–Kier alpha value is -3.48. The Balaban J connectivity index is 2.22. The maximum Gasteiger partial charge on any atom is 0.335 e. The number of carboxylic acid groups (broad SMARTS) is 1. The van der Waals surface area contributed by atoms with Crippen molar-refractivity contribution >= 4 is 28.0 Å². The molecule has 0 aliphatic heterocycles. The number of urea groups is 1. The number of anilines is 1. The fourth-order valence-corrected chi connectivity index (χ4v) is 3.10. The van der Waals surface area contributed by atoms with Crippen LogP contribution in [0.25, 0.3) is 0 Å². The fraction of sp³-hybridized carbons (Fsp3) is 0.214. The Morgan fingerprint density at radius 3 is 2.22 bits per heavy atom. The van der Waals surface area contributed by atoms with Gasteiger partial charge in [0.05, 0.1) is 25.5 Å². The van der Waals surface area contributed by atoms with Crippen molar-refractivity contribution in [2.45, 2.75) is 11.3 Å². The number of hydrogen-bond acceptors (Lipinski definition) is 9. The number of ether oxygens (including phenoxy) is 2. The van der Waals surface area contributed by atoms with E-state index in [4.69, 9.17) is 14.6 Å². The van der Waals surface area contributed by atoms with Gasteiger partial charge in [0.1, 0.15) is 0 Å². The monoisotopic (exact) mass is 397 g/mol. The highest BCUT2D eigenvalue weighted by molar-refractivity contribution is 7.90. The highest BCUT2D eigenvalue weighted by Crippen LogP contribution is 2.16. The number of nitrogens with zero attached hydrogens (tertiary/aromatic N) is 3. The molecule has 1 heterocycles. The lowest BCUT2D eigenvalue weighted by atomic mass is 10.1. The standard InChI is InChI=1S/C14H15N5O7S/c1-25-13-16-11(17-14(18-13)26-2)15-12(22)19-27(23,24)9-6-4-3-5-8(9)7-10(20)21/h3-6H,7H2,1-2H3,(H,20,21)(H2,15,16,17,18,19,22). The third kappa shape index (κ3) is 5.24. The van der Waals surface area contributed by atoms with Crippen molar-refractivity contribution in [2.24, 2.45) is 0 Å². The first-order chi connectivity index (χ1) is 12.7. The van der Waals surface area contributed by atoms with E-state index in [1.165, 1.54) is 38.5 Å². The van der Waals surface area contributed by atoms with Crippen LogP contribution in [-0.2, 0) is 21.2 Å². The van der Waals surface area contributed by atoms with Crippen molar-refractivity contribution in [3.63, 3.8) is 0 Å². The van der Waals surface area contributed by atoms with Gasteiger partial charge in [-0.2, -0.15) is 9.97 Å². The first-order valence-corrected chi connectivity index (χ1v) is 8.71. The molecule has 27 heavy (non-hydrogen) atoms. The number of amides is 2. The first-order valence-electron chi connectivity index (χ1n) is 7.22. The number of carbonyl (C=O) groups excluding carboxylic acids is 1. The number of aliphatic carboxylic acids is 1. The van der Waals surface area contributed by atoms with E-state index in [2.05, 4.69) is 20.3 Å². The summed E-state index contributed by atoms with van der Waals surface area (Å²) in [4.78, 5) is 33.8. The van der Waals surface area contributed by atoms with Crippen LogP contribution in [-0.4, -0.2) is 54.7 Å². The van der Waals surface area contributed by atoms with Gasteiger partial charge in [-0.05, 0) is 11.6 Å². The molecule has 12 nitrogen and oxygen atoms in total. The minimum atomic E-state index is -4.35. The van der Waals surface area contributed by atoms with Gasteiger partial charge in [-0.3, -0.25) is 10.1 Å². The van der Waals surface area contributed by atoms with Crippen LogP contribution in [0.5, 0.6) is 12.0 Å². The summed E-state index contributed by atoms with van der Waals surface area (Å²) in [6, 6.07) is 3.92. The Kier molecular flexibility index (Phi) is 6.07. The summed E-state index contributed by atoms with van der Waals surface area (Å²) in [7, 11) is -1.79. The Labute approximate surface area is 153 Å². The lowest BCUT2D eigenvalue weighted by Gasteiger charge is -2.11. The van der Waals surface area contributed by atoms with E-state index in [9.17, 15) is 18.0 Å². The minimum absolute atomic E-state index is 0.0220. The molecule has 1 aromatic carbocycles. The average molecular weight is 397 g/mol. The number of sulfonamides is 1. The van der Waals surface area contributed by atoms with Crippen LogP contribution in [0.15, 0.2) is 29.2 Å². The molecule has 13 heteroatoms. The van der Waals surface area contributed by atoms with Crippen LogP contribution in [0.3, 0.4) is 0 Å². The number of rotatable bonds is 7. The van der Waals surface area contributed by atoms with Gasteiger partial charge in [0.25, 0.3) is 10.0 Å². The van der Waals surface area contributed by atoms with Crippen molar-refractivity contribution in [2.75, 3.05) is 19.5 Å². The lowest BCUT2D eigenvalue weighted by molar-refractivity contribution is -0.136. The third-order valence-corrected chi connectivity index (χ3v) is 4.45. The number of carboxylic acids is 1. The van der Waals surface area contributed by atoms with E-state index in [1.807, 2.05) is 0 Å². The van der Waals surface area contributed by atoms with Gasteiger partial charge in [-0.25, -0.2) is 17.9 Å². The fourth-order valence-electron chi connectivity index (χ4n) is 1.96. The van der Waals surface area contributed by atoms with Crippen molar-refractivity contribution < 1.29 is 32.6 Å². The van der Waals surface area contributed by atoms with Crippen LogP contribution >= 0.6 is 0 Å². The number of benzene rings is 1. The van der Waals surface area contributed by atoms with E-state index >= 15 is 0 Å². The second-order valence-corrected chi connectivity index (χ2v) is 6.52. The van der Waals surface area contributed by atoms with Gasteiger partial charge in [-0.1, -0.05) is 18.2 Å². The zero-order chi connectivity index (χ0) is 20.0. The molecule has 0 bridgehead atoms. The summed E-state index contributed by atoms with van der Waals surface area (Å²) in [6.45, 7) is 0. The molecule has 144 valence electrons. The smallest absolute Gasteiger partial charge is 0.335 e. The molecule has 3 N–H and O–H groups in total. The summed E-state index contributed by atoms with van der Waals surface area (Å²) in [5, 5.41) is 11.0. The molecule has 2 aromatic rings. The summed E-state index contributed by atoms with van der Waals surface area (Å²) in [6.07, 6.45) is -0.527. The summed E-state index contributed by atoms with van der Waals surface area (Å²) in [5.41, 5.74) is 0.0220. The average Bonchev–Trinajstić information content (AvgIpc) is 2.60. The van der Waals surface area contributed by atoms with E-state index in [0.717, 1.165) is 0 Å². The Morgan fingerprint density at radius 1 is 1.07 bits per heavy atom. The van der Waals surface area contributed by atoms with Crippen LogP contribution in [0, 0.1) is 0 Å². The SMILES string of the molecule is COc1nc(NC(=O)NS(=O)(=O)c2ccccc2CC(=O)O)nc(OC)n1. The first kappa shape index (κ1) is 19.8. The summed E-state index contributed by atoms with van der Waals surface area (Å²) >= 11 is 0. The maximum atomic E-state index is 12.4. The number of nitrogens with one attached hydrogen (secondary N) is 2. The largest absolute Gasteiger partial charge is 0.481 e. The van der Waals surface area contributed by atoms with Gasteiger partial charge in [0, 0.05) is 0 Å². The third-order valence-electron chi connectivity index (χ3n) is 3.02. The van der Waals surface area contributed by atoms with E-state index in [1.54, 1.807) is 4.72 Å². The number of hydrogen-bond donors (Lipinski definition) is 3. The molecule has 0 radical (unpaired) electrons. The predicted molar refractivity (Wildman–Crippen MR) is 90.1 cm³/mol. The molecule has 1 aromatic heterocycles. The zero-order valence-corrected chi connectivity index (χ0v) is 15.0. The van der Waals surface area contributed by atoms with Gasteiger partial charge in [-0.15, -0.1) is 4.98 Å². The molecule has 0 fully saturated rings. The van der Waals surface area contributed by atoms with E-state index < -0.39 is 28.4 Å². The number of methoxy groups -OCH3 is 2. The Morgan fingerprint density at radius 2 is 1.67 bits per heavy atom. The molecule has 2 rings (SSSR count). The molecule has 0 saturated heterocycles. The van der Waals surface area contributed by atoms with Gasteiger partial charge in [0.2, 0.25) is 5.95 Å². The molecule has 0 saturated carbocycles.